The number of fused-ring (bicyclic) bond motifs is 1. The van der Waals surface area contributed by atoms with Gasteiger partial charge in [-0.2, -0.15) is 0 Å². The minimum atomic E-state index is -0.441. The van der Waals surface area contributed by atoms with E-state index in [-0.39, 0.29) is 18.3 Å². The molecule has 0 bridgehead atoms. The Morgan fingerprint density at radius 2 is 1.87 bits per heavy atom. The molecule has 8 nitrogen and oxygen atoms in total. The Labute approximate surface area is 270 Å². The summed E-state index contributed by atoms with van der Waals surface area (Å²) in [6.45, 7) is 5.55. The molecule has 1 saturated heterocycles. The lowest BCUT2D eigenvalue weighted by Gasteiger charge is -2.28. The fourth-order valence-electron chi connectivity index (χ4n) is 5.26. The molecular weight excluding hydrogens is 613 g/mol. The lowest BCUT2D eigenvalue weighted by atomic mass is 10.1. The van der Waals surface area contributed by atoms with E-state index in [2.05, 4.69) is 38.0 Å². The molecule has 3 aromatic rings. The maximum absolute atomic E-state index is 13.5. The average Bonchev–Trinajstić information content (AvgIpc) is 3.47. The first-order chi connectivity index (χ1) is 22.0. The highest BCUT2D eigenvalue weighted by Gasteiger charge is 2.27. The van der Waals surface area contributed by atoms with Crippen molar-refractivity contribution in [2.24, 2.45) is 4.99 Å². The molecule has 1 amide bonds. The SMILES string of the molecule is O=C(CS1=C2C(=C(Nc3ccc(OCc4cccc(F)c4)c(Cl)c3)N=CN2Cc2ccccc2)C=C1)NCCN1CCOCC1. The Kier molecular flexibility index (Phi) is 10.3. The molecule has 1 unspecified atom stereocenters. The molecule has 3 aliphatic rings. The zero-order valence-corrected chi connectivity index (χ0v) is 26.3. The molecular formula is C34H35ClFN5O3S. The molecule has 45 heavy (non-hydrogen) atoms. The van der Waals surface area contributed by atoms with E-state index >= 15 is 0 Å². The third-order valence-electron chi connectivity index (χ3n) is 7.53. The van der Waals surface area contributed by atoms with Gasteiger partial charge in [-0.3, -0.25) is 9.69 Å². The van der Waals surface area contributed by atoms with Crippen LogP contribution < -0.4 is 15.4 Å². The summed E-state index contributed by atoms with van der Waals surface area (Å²) in [4.78, 5) is 23.3. The van der Waals surface area contributed by atoms with Gasteiger partial charge in [-0.25, -0.2) is 9.38 Å². The van der Waals surface area contributed by atoms with E-state index in [4.69, 9.17) is 26.1 Å². The van der Waals surface area contributed by atoms with E-state index in [1.54, 1.807) is 24.3 Å². The summed E-state index contributed by atoms with van der Waals surface area (Å²) in [6.07, 6.45) is 3.88. The van der Waals surface area contributed by atoms with Gasteiger partial charge in [0.15, 0.2) is 0 Å². The zero-order chi connectivity index (χ0) is 31.0. The first-order valence-electron chi connectivity index (χ1n) is 14.9. The van der Waals surface area contributed by atoms with E-state index in [9.17, 15) is 9.18 Å². The number of ether oxygens (including phenoxy) is 2. The fourth-order valence-corrected chi connectivity index (χ4v) is 7.40. The van der Waals surface area contributed by atoms with Gasteiger partial charge in [-0.15, -0.1) is 10.5 Å². The molecule has 1 fully saturated rings. The number of morpholine rings is 1. The average molecular weight is 648 g/mol. The lowest BCUT2D eigenvalue weighted by molar-refractivity contribution is -0.118. The van der Waals surface area contributed by atoms with Gasteiger partial charge >= 0.3 is 0 Å². The number of hydrogen-bond donors (Lipinski definition) is 2. The summed E-state index contributed by atoms with van der Waals surface area (Å²) in [5, 5.41) is 9.06. The second-order valence-electron chi connectivity index (χ2n) is 10.8. The Morgan fingerprint density at radius 1 is 1.04 bits per heavy atom. The van der Waals surface area contributed by atoms with Crippen LogP contribution in [0.3, 0.4) is 0 Å². The van der Waals surface area contributed by atoms with Crippen LogP contribution in [0, 0.1) is 5.82 Å². The van der Waals surface area contributed by atoms with Crippen LogP contribution in [0.1, 0.15) is 11.1 Å². The van der Waals surface area contributed by atoms with Gasteiger partial charge in [0.25, 0.3) is 0 Å². The van der Waals surface area contributed by atoms with Gasteiger partial charge in [0.05, 0.1) is 35.3 Å². The molecule has 6 rings (SSSR count). The minimum absolute atomic E-state index is 0.0299. The number of benzene rings is 3. The number of nitrogens with zero attached hydrogens (tertiary/aromatic N) is 3. The summed E-state index contributed by atoms with van der Waals surface area (Å²) < 4.78 is 24.8. The molecule has 0 radical (unpaired) electrons. The molecule has 3 aromatic carbocycles. The number of carbonyl (C=O) groups excluding carboxylic acids is 1. The summed E-state index contributed by atoms with van der Waals surface area (Å²) in [7, 11) is -0.441. The number of halogens is 2. The number of aliphatic imine (C=N–C) groups is 1. The molecule has 234 valence electrons. The Bertz CT molecular complexity index is 1660. The topological polar surface area (TPSA) is 78.4 Å². The maximum Gasteiger partial charge on any atom is 0.229 e. The summed E-state index contributed by atoms with van der Waals surface area (Å²) in [6, 6.07) is 21.9. The first-order valence-corrected chi connectivity index (χ1v) is 16.7. The highest BCUT2D eigenvalue weighted by molar-refractivity contribution is 8.19. The number of amides is 1. The van der Waals surface area contributed by atoms with Gasteiger partial charge < -0.3 is 25.0 Å². The van der Waals surface area contributed by atoms with Crippen molar-refractivity contribution in [3.05, 3.63) is 118 Å². The highest BCUT2D eigenvalue weighted by atomic mass is 35.5. The number of hydrogen-bond acceptors (Lipinski definition) is 7. The van der Waals surface area contributed by atoms with E-state index in [0.717, 1.165) is 54.7 Å². The third kappa shape index (κ3) is 8.20. The molecule has 0 spiro atoms. The van der Waals surface area contributed by atoms with E-state index < -0.39 is 10.5 Å². The van der Waals surface area contributed by atoms with Crippen LogP contribution in [0.25, 0.3) is 0 Å². The number of nitrogens with one attached hydrogen (secondary N) is 2. The van der Waals surface area contributed by atoms with Crippen molar-refractivity contribution in [1.82, 2.24) is 15.1 Å². The molecule has 0 aliphatic carbocycles. The Morgan fingerprint density at radius 3 is 2.67 bits per heavy atom. The number of carbonyl (C=O) groups is 1. The minimum Gasteiger partial charge on any atom is -0.487 e. The molecule has 2 N–H and O–H groups in total. The normalized spacial score (nSPS) is 17.9. The largest absolute Gasteiger partial charge is 0.487 e. The lowest BCUT2D eigenvalue weighted by Crippen LogP contribution is -2.41. The van der Waals surface area contributed by atoms with Gasteiger partial charge in [-0.05, 0) is 52.9 Å². The molecule has 3 aliphatic heterocycles. The number of rotatable bonds is 12. The van der Waals surface area contributed by atoms with Gasteiger partial charge in [-0.1, -0.05) is 54.1 Å². The zero-order valence-electron chi connectivity index (χ0n) is 24.8. The van der Waals surface area contributed by atoms with Crippen molar-refractivity contribution in [2.75, 3.05) is 50.5 Å². The van der Waals surface area contributed by atoms with Crippen LogP contribution >= 0.6 is 22.1 Å². The van der Waals surface area contributed by atoms with Crippen LogP contribution in [-0.4, -0.2) is 72.2 Å². The van der Waals surface area contributed by atoms with Crippen molar-refractivity contribution in [1.29, 1.82) is 0 Å². The summed E-state index contributed by atoms with van der Waals surface area (Å²) in [5.41, 5.74) is 3.56. The monoisotopic (exact) mass is 647 g/mol. The van der Waals surface area contributed by atoms with E-state index in [0.29, 0.717) is 41.0 Å². The summed E-state index contributed by atoms with van der Waals surface area (Å²) >= 11 is 6.57. The second-order valence-corrected chi connectivity index (χ2v) is 13.0. The van der Waals surface area contributed by atoms with Crippen molar-refractivity contribution in [2.45, 2.75) is 13.2 Å². The van der Waals surface area contributed by atoms with Crippen molar-refractivity contribution in [3.63, 3.8) is 0 Å². The van der Waals surface area contributed by atoms with Crippen LogP contribution in [0.2, 0.25) is 5.02 Å². The highest BCUT2D eigenvalue weighted by Crippen LogP contribution is 2.36. The van der Waals surface area contributed by atoms with Crippen LogP contribution in [0.15, 0.2) is 101 Å². The molecule has 0 saturated carbocycles. The van der Waals surface area contributed by atoms with Crippen LogP contribution in [0.5, 0.6) is 5.75 Å². The quantitative estimate of drug-likeness (QED) is 0.249. The van der Waals surface area contributed by atoms with Crippen molar-refractivity contribution in [3.8, 4) is 5.75 Å². The Hall–Kier alpha value is -3.96. The smallest absolute Gasteiger partial charge is 0.229 e. The molecule has 3 heterocycles. The molecule has 0 aromatic heterocycles. The van der Waals surface area contributed by atoms with E-state index in [1.807, 2.05) is 36.7 Å². The summed E-state index contributed by atoms with van der Waals surface area (Å²) in [5.74, 6) is 1.27. The van der Waals surface area contributed by atoms with Crippen molar-refractivity contribution >= 4 is 45.0 Å². The van der Waals surface area contributed by atoms with Gasteiger partial charge in [0.2, 0.25) is 5.91 Å². The predicted molar refractivity (Wildman–Crippen MR) is 180 cm³/mol. The van der Waals surface area contributed by atoms with E-state index in [1.165, 1.54) is 12.1 Å². The molecule has 1 atom stereocenters. The molecule has 11 heteroatoms. The van der Waals surface area contributed by atoms with Gasteiger partial charge in [0, 0.05) is 44.0 Å². The van der Waals surface area contributed by atoms with Crippen LogP contribution in [0.4, 0.5) is 10.1 Å². The predicted octanol–water partition coefficient (Wildman–Crippen LogP) is 5.60. The fraction of sp³-hybridized carbons (Fsp3) is 0.265. The number of anilines is 1. The van der Waals surface area contributed by atoms with Crippen LogP contribution in [-0.2, 0) is 22.7 Å². The Balaban J connectivity index is 1.16. The maximum atomic E-state index is 13.5. The van der Waals surface area contributed by atoms with Gasteiger partial charge in [0.1, 0.15) is 24.0 Å². The third-order valence-corrected chi connectivity index (χ3v) is 9.82. The second kappa shape index (κ2) is 14.9. The van der Waals surface area contributed by atoms with Crippen molar-refractivity contribution < 1.29 is 18.7 Å². The first kappa shape index (κ1) is 31.0. The standard InChI is InChI=1S/C34H35ClFN5O3S/c35-30-20-28(9-10-31(30)44-22-26-7-4-8-27(36)19-26)39-33-29-11-18-45(23-32(42)37-12-13-40-14-16-43-17-15-40)34(29)41(24-38-33)21-25-5-2-1-3-6-25/h1-11,18-20,24,39H,12-17,21-23H2,(H,37,42).